The Morgan fingerprint density at radius 2 is 0.911 bits per heavy atom. The Morgan fingerprint density at radius 1 is 0.429 bits per heavy atom. The molecule has 9 rings (SSSR count). The molecule has 0 fully saturated rings. The number of hydrogen-bond donors (Lipinski definition) is 0. The van der Waals surface area contributed by atoms with E-state index in [1.807, 2.05) is 0 Å². The van der Waals surface area contributed by atoms with E-state index in [-0.39, 0.29) is 6.04 Å². The number of anilines is 4. The second kappa shape index (κ2) is 16.2. The molecule has 2 aliphatic rings. The molecule has 0 spiro atoms. The molecule has 2 nitrogen and oxygen atoms in total. The summed E-state index contributed by atoms with van der Waals surface area (Å²) in [5.41, 5.74) is 15.9. The number of allylic oxidation sites excluding steroid dienone is 6. The van der Waals surface area contributed by atoms with Crippen molar-refractivity contribution in [3.05, 3.63) is 236 Å². The van der Waals surface area contributed by atoms with Gasteiger partial charge in [0.2, 0.25) is 0 Å². The van der Waals surface area contributed by atoms with Crippen LogP contribution in [0.4, 0.5) is 22.7 Å². The van der Waals surface area contributed by atoms with Crippen LogP contribution in [0.25, 0.3) is 39.0 Å². The summed E-state index contributed by atoms with van der Waals surface area (Å²) in [5, 5.41) is 0. The number of para-hydroxylation sites is 1. The van der Waals surface area contributed by atoms with Crippen LogP contribution in [0.15, 0.2) is 230 Å². The second-order valence-corrected chi connectivity index (χ2v) is 14.4. The van der Waals surface area contributed by atoms with E-state index in [0.717, 1.165) is 19.3 Å². The lowest BCUT2D eigenvalue weighted by Crippen LogP contribution is -2.30. The van der Waals surface area contributed by atoms with Gasteiger partial charge in [-0.25, -0.2) is 0 Å². The molecule has 0 amide bonds. The highest BCUT2D eigenvalue weighted by Gasteiger charge is 2.21. The molecule has 2 heteroatoms. The molecule has 7 aromatic rings. The van der Waals surface area contributed by atoms with Crippen molar-refractivity contribution in [1.82, 2.24) is 0 Å². The van der Waals surface area contributed by atoms with Crippen molar-refractivity contribution in [3.63, 3.8) is 0 Å². The van der Waals surface area contributed by atoms with E-state index in [1.54, 1.807) is 0 Å². The minimum absolute atomic E-state index is 0.201. The van der Waals surface area contributed by atoms with E-state index in [0.29, 0.717) is 0 Å². The first-order valence-corrected chi connectivity index (χ1v) is 19.7. The maximum atomic E-state index is 2.46. The first-order chi connectivity index (χ1) is 27.8. The molecule has 0 heterocycles. The molecule has 1 atom stereocenters. The van der Waals surface area contributed by atoms with Gasteiger partial charge in [0.1, 0.15) is 0 Å². The minimum atomic E-state index is 0.201. The van der Waals surface area contributed by atoms with Gasteiger partial charge in [-0.15, -0.1) is 0 Å². The quantitative estimate of drug-likeness (QED) is 0.139. The van der Waals surface area contributed by atoms with E-state index >= 15 is 0 Å². The smallest absolute Gasteiger partial charge is 0.0560 e. The maximum absolute atomic E-state index is 2.46. The highest BCUT2D eigenvalue weighted by atomic mass is 15.2. The Kier molecular flexibility index (Phi) is 10.1. The predicted octanol–water partition coefficient (Wildman–Crippen LogP) is 14.6. The number of hydrogen-bond acceptors (Lipinski definition) is 2. The molecule has 0 aliphatic heterocycles. The molecule has 7 aromatic carbocycles. The van der Waals surface area contributed by atoms with Crippen molar-refractivity contribution in [2.45, 2.75) is 25.3 Å². The van der Waals surface area contributed by atoms with E-state index in [9.17, 15) is 0 Å². The molecule has 0 bridgehead atoms. The van der Waals surface area contributed by atoms with Gasteiger partial charge in [-0.2, -0.15) is 0 Å². The number of nitrogens with zero attached hydrogens (tertiary/aromatic N) is 2. The molecule has 0 N–H and O–H groups in total. The summed E-state index contributed by atoms with van der Waals surface area (Å²) in [7, 11) is 0. The summed E-state index contributed by atoms with van der Waals surface area (Å²) in [6.07, 6.45) is 16.7. The summed E-state index contributed by atoms with van der Waals surface area (Å²) >= 11 is 0. The third-order valence-corrected chi connectivity index (χ3v) is 10.9. The third kappa shape index (κ3) is 7.56. The molecule has 0 aromatic heterocycles. The number of benzene rings is 7. The summed E-state index contributed by atoms with van der Waals surface area (Å²) in [4.78, 5) is 4.86. The predicted molar refractivity (Wildman–Crippen MR) is 238 cm³/mol. The van der Waals surface area contributed by atoms with Crippen LogP contribution >= 0.6 is 0 Å². The topological polar surface area (TPSA) is 6.48 Å². The highest BCUT2D eigenvalue weighted by Crippen LogP contribution is 2.38. The monoisotopic (exact) mass is 720 g/mol. The zero-order valence-electron chi connectivity index (χ0n) is 31.5. The fraction of sp³-hybridized carbons (Fsp3) is 0.0741. The van der Waals surface area contributed by atoms with Crippen molar-refractivity contribution in [2.24, 2.45) is 0 Å². The van der Waals surface area contributed by atoms with Gasteiger partial charge in [-0.1, -0.05) is 164 Å². The third-order valence-electron chi connectivity index (χ3n) is 10.9. The largest absolute Gasteiger partial charge is 0.334 e. The van der Waals surface area contributed by atoms with Gasteiger partial charge in [-0.05, 0) is 124 Å². The van der Waals surface area contributed by atoms with Crippen LogP contribution in [0, 0.1) is 0 Å². The van der Waals surface area contributed by atoms with Crippen LogP contribution in [0.1, 0.15) is 24.8 Å². The average molecular weight is 721 g/mol. The van der Waals surface area contributed by atoms with Crippen molar-refractivity contribution >= 4 is 28.3 Å². The van der Waals surface area contributed by atoms with Gasteiger partial charge in [-0.3, -0.25) is 0 Å². The molecule has 56 heavy (non-hydrogen) atoms. The van der Waals surface area contributed by atoms with E-state index < -0.39 is 0 Å². The lowest BCUT2D eigenvalue weighted by molar-refractivity contribution is 0.787. The van der Waals surface area contributed by atoms with Gasteiger partial charge >= 0.3 is 0 Å². The fourth-order valence-electron chi connectivity index (χ4n) is 7.95. The fourth-order valence-corrected chi connectivity index (χ4v) is 7.95. The lowest BCUT2D eigenvalue weighted by atomic mass is 9.93. The van der Waals surface area contributed by atoms with Crippen LogP contribution in [-0.2, 0) is 0 Å². The molecule has 2 aliphatic carbocycles. The summed E-state index contributed by atoms with van der Waals surface area (Å²) in [5.74, 6) is 0. The van der Waals surface area contributed by atoms with Crippen LogP contribution < -0.4 is 9.80 Å². The van der Waals surface area contributed by atoms with E-state index in [4.69, 9.17) is 0 Å². The maximum Gasteiger partial charge on any atom is 0.0560 e. The van der Waals surface area contributed by atoms with Crippen molar-refractivity contribution in [1.29, 1.82) is 0 Å². The van der Waals surface area contributed by atoms with Gasteiger partial charge in [0.25, 0.3) is 0 Å². The molecular formula is C54H44N2. The highest BCUT2D eigenvalue weighted by molar-refractivity contribution is 5.81. The molecule has 270 valence electrons. The van der Waals surface area contributed by atoms with Crippen LogP contribution in [0.2, 0.25) is 0 Å². The normalized spacial score (nSPS) is 14.8. The van der Waals surface area contributed by atoms with E-state index in [2.05, 4.69) is 234 Å². The Bertz CT molecular complexity index is 2510. The Hall–Kier alpha value is -6.90. The zero-order valence-corrected chi connectivity index (χ0v) is 31.5. The van der Waals surface area contributed by atoms with Gasteiger partial charge in [0.05, 0.1) is 6.04 Å². The van der Waals surface area contributed by atoms with Crippen LogP contribution in [0.3, 0.4) is 0 Å². The second-order valence-electron chi connectivity index (χ2n) is 14.4. The van der Waals surface area contributed by atoms with Gasteiger partial charge < -0.3 is 9.80 Å². The standard InChI is InChI=1S/C54H44N2/c1-5-14-41(15-6-1)43-24-32-51(33-25-43)55(49-20-9-3-10-21-49)53-36-28-45(29-37-53)47-18-13-19-48(40-47)46-30-38-54(39-31-46)56(50-22-11-4-12-23-50)52-34-26-44(27-35-52)42-16-7-2-8-17-42/h1-11,13-22,24-36,38-40,53H,12,23,37H2. The Morgan fingerprint density at radius 3 is 1.45 bits per heavy atom. The van der Waals surface area contributed by atoms with Crippen molar-refractivity contribution in [3.8, 4) is 33.4 Å². The van der Waals surface area contributed by atoms with Crippen molar-refractivity contribution < 1.29 is 0 Å². The van der Waals surface area contributed by atoms with Crippen molar-refractivity contribution in [2.75, 3.05) is 9.80 Å². The Labute approximate surface area is 331 Å². The summed E-state index contributed by atoms with van der Waals surface area (Å²) in [6, 6.07) is 68.1. The number of rotatable bonds is 10. The first kappa shape index (κ1) is 34.8. The van der Waals surface area contributed by atoms with E-state index in [1.165, 1.54) is 73.0 Å². The zero-order chi connectivity index (χ0) is 37.5. The summed E-state index contributed by atoms with van der Waals surface area (Å²) < 4.78 is 0. The molecule has 1 unspecified atom stereocenters. The molecular weight excluding hydrogens is 677 g/mol. The molecule has 0 saturated carbocycles. The summed E-state index contributed by atoms with van der Waals surface area (Å²) in [6.45, 7) is 0. The molecule has 0 radical (unpaired) electrons. The first-order valence-electron chi connectivity index (χ1n) is 19.7. The lowest BCUT2D eigenvalue weighted by Gasteiger charge is -2.33. The van der Waals surface area contributed by atoms with Gasteiger partial charge in [0, 0.05) is 28.4 Å². The average Bonchev–Trinajstić information content (AvgIpc) is 3.29. The molecule has 0 saturated heterocycles. The minimum Gasteiger partial charge on any atom is -0.334 e. The SMILES string of the molecule is C1=CCCC(N(c2ccc(-c3ccccc3)cc2)c2ccc(-c3cccc(C4=CCC(N(c5ccccc5)c5ccc(-c6ccccc6)cc5)C=C4)c3)cc2)=C1. The Balaban J connectivity index is 0.945. The van der Waals surface area contributed by atoms with Gasteiger partial charge in [0.15, 0.2) is 0 Å². The van der Waals surface area contributed by atoms with Crippen LogP contribution in [-0.4, -0.2) is 6.04 Å². The van der Waals surface area contributed by atoms with Crippen LogP contribution in [0.5, 0.6) is 0 Å².